The topological polar surface area (TPSA) is 49.4 Å². The number of hydrogen-bond acceptors (Lipinski definition) is 2. The van der Waals surface area contributed by atoms with Crippen LogP contribution in [0.15, 0.2) is 0 Å². The van der Waals surface area contributed by atoms with Gasteiger partial charge in [-0.1, -0.05) is 0 Å². The van der Waals surface area contributed by atoms with Crippen LogP contribution in [0.1, 0.15) is 33.6 Å². The molecule has 1 fully saturated rings. The van der Waals surface area contributed by atoms with E-state index < -0.39 is 29.6 Å². The molecule has 0 aromatic carbocycles. The Balaban J connectivity index is 2.77. The molecule has 18 heavy (non-hydrogen) atoms. The molecule has 7 heteroatoms. The van der Waals surface area contributed by atoms with Crippen molar-refractivity contribution in [3.63, 3.8) is 0 Å². The molecule has 1 unspecified atom stereocenters. The Kier molecular flexibility index (Phi) is 3.92. The summed E-state index contributed by atoms with van der Waals surface area (Å²) in [7, 11) is 0. The lowest BCUT2D eigenvalue weighted by molar-refractivity contribution is -0.186. The van der Waals surface area contributed by atoms with Gasteiger partial charge in [0.05, 0.1) is 0 Å². The van der Waals surface area contributed by atoms with Crippen LogP contribution in [0, 0.1) is 0 Å². The number of carbonyl (C=O) groups is 2. The lowest BCUT2D eigenvalue weighted by Crippen LogP contribution is -2.53. The van der Waals surface area contributed by atoms with Crippen LogP contribution < -0.4 is 5.32 Å². The number of likely N-dealkylation sites (tertiary alicyclic amines) is 1. The van der Waals surface area contributed by atoms with E-state index in [4.69, 9.17) is 0 Å². The van der Waals surface area contributed by atoms with Gasteiger partial charge in [-0.05, 0) is 33.6 Å². The molecule has 0 aromatic rings. The number of alkyl halides is 3. The fourth-order valence-corrected chi connectivity index (χ4v) is 1.90. The summed E-state index contributed by atoms with van der Waals surface area (Å²) in [5.41, 5.74) is -0.535. The van der Waals surface area contributed by atoms with Crippen LogP contribution in [0.2, 0.25) is 0 Å². The first kappa shape index (κ1) is 14.8. The Hall–Kier alpha value is -1.27. The molecule has 1 N–H and O–H groups in total. The highest BCUT2D eigenvalue weighted by atomic mass is 19.4. The maximum absolute atomic E-state index is 12.4. The van der Waals surface area contributed by atoms with Gasteiger partial charge in [0.15, 0.2) is 0 Å². The van der Waals surface area contributed by atoms with Crippen LogP contribution >= 0.6 is 0 Å². The molecule has 1 saturated heterocycles. The lowest BCUT2D eigenvalue weighted by Gasteiger charge is -2.28. The predicted molar refractivity (Wildman–Crippen MR) is 58.7 cm³/mol. The van der Waals surface area contributed by atoms with Gasteiger partial charge in [0.2, 0.25) is 5.91 Å². The molecule has 104 valence electrons. The standard InChI is InChI=1S/C11H17F3N2O2/c1-10(2,3)15-8(17)7-5-4-6-16(7)9(18)11(12,13)14/h7H,4-6H2,1-3H3,(H,15,17). The van der Waals surface area contributed by atoms with Crippen molar-refractivity contribution in [2.24, 2.45) is 0 Å². The lowest BCUT2D eigenvalue weighted by atomic mass is 10.1. The van der Waals surface area contributed by atoms with Crippen molar-refractivity contribution >= 4 is 11.8 Å². The number of carbonyl (C=O) groups excluding carboxylic acids is 2. The highest BCUT2D eigenvalue weighted by Gasteiger charge is 2.47. The Morgan fingerprint density at radius 2 is 1.78 bits per heavy atom. The second-order valence-electron chi connectivity index (χ2n) is 5.39. The van der Waals surface area contributed by atoms with Crippen LogP contribution in [0.3, 0.4) is 0 Å². The zero-order valence-electron chi connectivity index (χ0n) is 10.6. The van der Waals surface area contributed by atoms with Crippen LogP contribution in [0.25, 0.3) is 0 Å². The van der Waals surface area contributed by atoms with E-state index in [1.54, 1.807) is 20.8 Å². The first-order valence-corrected chi connectivity index (χ1v) is 5.72. The summed E-state index contributed by atoms with van der Waals surface area (Å²) in [5, 5.41) is 2.60. The molecule has 0 radical (unpaired) electrons. The van der Waals surface area contributed by atoms with Crippen LogP contribution in [-0.4, -0.2) is 41.0 Å². The molecule has 0 aromatic heterocycles. The normalized spacial score (nSPS) is 21.0. The first-order chi connectivity index (χ1) is 8.02. The Bertz CT molecular complexity index is 347. The summed E-state index contributed by atoms with van der Waals surface area (Å²) in [5.74, 6) is -2.47. The van der Waals surface area contributed by atoms with E-state index in [1.165, 1.54) is 0 Å². The zero-order valence-corrected chi connectivity index (χ0v) is 10.6. The average molecular weight is 266 g/mol. The molecule has 0 bridgehead atoms. The molecule has 1 rings (SSSR count). The third-order valence-electron chi connectivity index (χ3n) is 2.56. The SMILES string of the molecule is CC(C)(C)NC(=O)C1CCCN1C(=O)C(F)(F)F. The highest BCUT2D eigenvalue weighted by Crippen LogP contribution is 2.26. The highest BCUT2D eigenvalue weighted by molar-refractivity contribution is 5.90. The molecular formula is C11H17F3N2O2. The summed E-state index contributed by atoms with van der Waals surface area (Å²) in [6, 6.07) is -1.02. The molecule has 4 nitrogen and oxygen atoms in total. The van der Waals surface area contributed by atoms with Crippen LogP contribution in [0.5, 0.6) is 0 Å². The van der Waals surface area contributed by atoms with Gasteiger partial charge in [-0.3, -0.25) is 9.59 Å². The van der Waals surface area contributed by atoms with Gasteiger partial charge in [-0.15, -0.1) is 0 Å². The molecule has 1 aliphatic heterocycles. The van der Waals surface area contributed by atoms with Gasteiger partial charge in [0.1, 0.15) is 6.04 Å². The third-order valence-corrected chi connectivity index (χ3v) is 2.56. The smallest absolute Gasteiger partial charge is 0.350 e. The minimum atomic E-state index is -4.93. The Labute approximate surface area is 104 Å². The van der Waals surface area contributed by atoms with E-state index in [2.05, 4.69) is 5.32 Å². The van der Waals surface area contributed by atoms with Gasteiger partial charge in [0.25, 0.3) is 0 Å². The molecule has 1 heterocycles. The maximum Gasteiger partial charge on any atom is 0.471 e. The van der Waals surface area contributed by atoms with E-state index in [-0.39, 0.29) is 13.0 Å². The summed E-state index contributed by atoms with van der Waals surface area (Å²) in [6.45, 7) is 5.17. The summed E-state index contributed by atoms with van der Waals surface area (Å²) in [4.78, 5) is 23.6. The van der Waals surface area contributed by atoms with E-state index >= 15 is 0 Å². The van der Waals surface area contributed by atoms with E-state index in [0.717, 1.165) is 0 Å². The Morgan fingerprint density at radius 1 is 1.22 bits per heavy atom. The predicted octanol–water partition coefficient (Wildman–Crippen LogP) is 1.45. The fraction of sp³-hybridized carbons (Fsp3) is 0.818. The van der Waals surface area contributed by atoms with Crippen molar-refractivity contribution in [3.8, 4) is 0 Å². The molecular weight excluding hydrogens is 249 g/mol. The number of amides is 2. The van der Waals surface area contributed by atoms with Crippen molar-refractivity contribution in [3.05, 3.63) is 0 Å². The maximum atomic E-state index is 12.4. The van der Waals surface area contributed by atoms with Crippen molar-refractivity contribution in [1.82, 2.24) is 10.2 Å². The van der Waals surface area contributed by atoms with Crippen LogP contribution in [-0.2, 0) is 9.59 Å². The fourth-order valence-electron chi connectivity index (χ4n) is 1.90. The first-order valence-electron chi connectivity index (χ1n) is 5.72. The molecule has 0 aliphatic carbocycles. The second-order valence-corrected chi connectivity index (χ2v) is 5.39. The molecule has 0 saturated carbocycles. The summed E-state index contributed by atoms with van der Waals surface area (Å²) < 4.78 is 37.1. The van der Waals surface area contributed by atoms with E-state index in [1.807, 2.05) is 0 Å². The van der Waals surface area contributed by atoms with Gasteiger partial charge in [-0.2, -0.15) is 13.2 Å². The zero-order chi connectivity index (χ0) is 14.1. The summed E-state index contributed by atoms with van der Waals surface area (Å²) in [6.07, 6.45) is -4.25. The van der Waals surface area contributed by atoms with E-state index in [0.29, 0.717) is 11.3 Å². The summed E-state index contributed by atoms with van der Waals surface area (Å²) >= 11 is 0. The van der Waals surface area contributed by atoms with E-state index in [9.17, 15) is 22.8 Å². The average Bonchev–Trinajstić information content (AvgIpc) is 2.60. The van der Waals surface area contributed by atoms with Gasteiger partial charge in [-0.25, -0.2) is 0 Å². The molecule has 0 spiro atoms. The van der Waals surface area contributed by atoms with Gasteiger partial charge in [0, 0.05) is 12.1 Å². The molecule has 1 atom stereocenters. The van der Waals surface area contributed by atoms with Crippen molar-refractivity contribution in [2.45, 2.75) is 51.4 Å². The number of halogens is 3. The number of nitrogens with zero attached hydrogens (tertiary/aromatic N) is 1. The monoisotopic (exact) mass is 266 g/mol. The van der Waals surface area contributed by atoms with Crippen molar-refractivity contribution < 1.29 is 22.8 Å². The minimum absolute atomic E-state index is 0.0272. The molecule has 2 amide bonds. The second kappa shape index (κ2) is 4.78. The number of hydrogen-bond donors (Lipinski definition) is 1. The Morgan fingerprint density at radius 3 is 2.22 bits per heavy atom. The third kappa shape index (κ3) is 3.61. The molecule has 1 aliphatic rings. The van der Waals surface area contributed by atoms with Crippen molar-refractivity contribution in [2.75, 3.05) is 6.54 Å². The minimum Gasteiger partial charge on any atom is -0.350 e. The quantitative estimate of drug-likeness (QED) is 0.781. The number of rotatable bonds is 1. The van der Waals surface area contributed by atoms with Gasteiger partial charge >= 0.3 is 12.1 Å². The van der Waals surface area contributed by atoms with Gasteiger partial charge < -0.3 is 10.2 Å². The van der Waals surface area contributed by atoms with Crippen LogP contribution in [0.4, 0.5) is 13.2 Å². The number of nitrogens with one attached hydrogen (secondary N) is 1. The van der Waals surface area contributed by atoms with Crippen molar-refractivity contribution in [1.29, 1.82) is 0 Å². The largest absolute Gasteiger partial charge is 0.471 e.